The third kappa shape index (κ3) is 1.78. The van der Waals surface area contributed by atoms with Crippen molar-refractivity contribution in [2.24, 2.45) is 5.73 Å². The Balaban J connectivity index is 1.76. The van der Waals surface area contributed by atoms with Crippen molar-refractivity contribution in [2.45, 2.75) is 43.6 Å². The van der Waals surface area contributed by atoms with Crippen LogP contribution in [0.1, 0.15) is 49.5 Å². The number of hydrogen-bond acceptors (Lipinski definition) is 3. The summed E-state index contributed by atoms with van der Waals surface area (Å²) in [6.45, 7) is 0. The lowest BCUT2D eigenvalue weighted by molar-refractivity contribution is 0.239. The topological polar surface area (TPSA) is 54.7 Å². The molecule has 0 unspecified atom stereocenters. The summed E-state index contributed by atoms with van der Waals surface area (Å²) in [4.78, 5) is 7.98. The van der Waals surface area contributed by atoms with Gasteiger partial charge in [0.05, 0.1) is 5.54 Å². The fourth-order valence-electron chi connectivity index (χ4n) is 2.60. The highest BCUT2D eigenvalue weighted by Gasteiger charge is 2.37. The largest absolute Gasteiger partial charge is 0.344 e. The van der Waals surface area contributed by atoms with Gasteiger partial charge in [-0.15, -0.1) is 0 Å². The van der Waals surface area contributed by atoms with Crippen LogP contribution in [0, 0.1) is 0 Å². The second-order valence-electron chi connectivity index (χ2n) is 5.08. The minimum atomic E-state index is -0.137. The Labute approximate surface area is 101 Å². The third-order valence-electron chi connectivity index (χ3n) is 3.97. The highest BCUT2D eigenvalue weighted by Crippen LogP contribution is 2.38. The fraction of sp³-hybridized carbons (Fsp3) is 0.750. The number of aromatic nitrogens is 2. The Morgan fingerprint density at radius 3 is 2.75 bits per heavy atom. The van der Waals surface area contributed by atoms with Crippen molar-refractivity contribution in [3.8, 4) is 0 Å². The first kappa shape index (κ1) is 10.7. The van der Waals surface area contributed by atoms with Gasteiger partial charge in [-0.1, -0.05) is 0 Å². The van der Waals surface area contributed by atoms with E-state index in [4.69, 9.17) is 5.73 Å². The van der Waals surface area contributed by atoms with Gasteiger partial charge in [0.25, 0.3) is 0 Å². The van der Waals surface area contributed by atoms with Crippen LogP contribution in [0.2, 0.25) is 0 Å². The van der Waals surface area contributed by atoms with Gasteiger partial charge >= 0.3 is 0 Å². The van der Waals surface area contributed by atoms with Gasteiger partial charge < -0.3 is 10.7 Å². The number of imidazole rings is 1. The first-order chi connectivity index (χ1) is 7.78. The molecule has 0 amide bonds. The number of aromatic amines is 1. The van der Waals surface area contributed by atoms with E-state index in [-0.39, 0.29) is 5.54 Å². The number of nitrogens with one attached hydrogen (secondary N) is 1. The molecule has 0 radical (unpaired) electrons. The van der Waals surface area contributed by atoms with Crippen LogP contribution < -0.4 is 5.73 Å². The minimum absolute atomic E-state index is 0.137. The smallest absolute Gasteiger partial charge is 0.126 e. The van der Waals surface area contributed by atoms with Gasteiger partial charge in [-0.3, -0.25) is 0 Å². The van der Waals surface area contributed by atoms with Crippen molar-refractivity contribution in [1.29, 1.82) is 0 Å². The number of H-pyrrole nitrogens is 1. The maximum Gasteiger partial charge on any atom is 0.126 e. The molecular formula is C12H19N3S. The van der Waals surface area contributed by atoms with Crippen molar-refractivity contribution in [3.63, 3.8) is 0 Å². The summed E-state index contributed by atoms with van der Waals surface area (Å²) in [7, 11) is 0. The van der Waals surface area contributed by atoms with Crippen molar-refractivity contribution in [2.75, 3.05) is 11.5 Å². The standard InChI is InChI=1S/C12H19N3S/c13-12(4-1-5-12)11-14-8-10(15-11)9-2-6-16-7-3-9/h8-9H,1-7,13H2,(H,14,15). The average molecular weight is 237 g/mol. The molecule has 1 saturated carbocycles. The molecule has 1 aliphatic heterocycles. The van der Waals surface area contributed by atoms with E-state index >= 15 is 0 Å². The van der Waals surface area contributed by atoms with Crippen molar-refractivity contribution in [1.82, 2.24) is 9.97 Å². The van der Waals surface area contributed by atoms with Gasteiger partial charge in [-0.05, 0) is 43.6 Å². The van der Waals surface area contributed by atoms with E-state index in [9.17, 15) is 0 Å². The number of hydrogen-bond donors (Lipinski definition) is 2. The van der Waals surface area contributed by atoms with Gasteiger partial charge in [0.2, 0.25) is 0 Å². The molecule has 2 heterocycles. The monoisotopic (exact) mass is 237 g/mol. The molecule has 4 heteroatoms. The van der Waals surface area contributed by atoms with Gasteiger partial charge in [-0.25, -0.2) is 4.98 Å². The zero-order valence-corrected chi connectivity index (χ0v) is 10.4. The second kappa shape index (κ2) is 4.08. The molecule has 2 fully saturated rings. The predicted octanol–water partition coefficient (Wildman–Crippen LogP) is 2.36. The summed E-state index contributed by atoms with van der Waals surface area (Å²) >= 11 is 2.06. The molecule has 1 aromatic rings. The molecular weight excluding hydrogens is 218 g/mol. The number of thioether (sulfide) groups is 1. The van der Waals surface area contributed by atoms with Gasteiger partial charge in [-0.2, -0.15) is 11.8 Å². The Morgan fingerprint density at radius 1 is 1.38 bits per heavy atom. The average Bonchev–Trinajstić information content (AvgIpc) is 2.77. The number of rotatable bonds is 2. The summed E-state index contributed by atoms with van der Waals surface area (Å²) in [5.41, 5.74) is 7.44. The maximum absolute atomic E-state index is 6.27. The van der Waals surface area contributed by atoms with E-state index in [0.717, 1.165) is 18.7 Å². The van der Waals surface area contributed by atoms with Crippen molar-refractivity contribution < 1.29 is 0 Å². The molecule has 1 aromatic heterocycles. The van der Waals surface area contributed by atoms with Gasteiger partial charge in [0, 0.05) is 17.8 Å². The minimum Gasteiger partial charge on any atom is -0.344 e. The summed E-state index contributed by atoms with van der Waals surface area (Å²) < 4.78 is 0. The Kier molecular flexibility index (Phi) is 2.72. The molecule has 1 saturated heterocycles. The van der Waals surface area contributed by atoms with Crippen LogP contribution in [-0.2, 0) is 5.54 Å². The van der Waals surface area contributed by atoms with Crippen LogP contribution in [0.5, 0.6) is 0 Å². The molecule has 2 aliphatic rings. The van der Waals surface area contributed by atoms with Crippen molar-refractivity contribution >= 4 is 11.8 Å². The van der Waals surface area contributed by atoms with E-state index in [1.165, 1.54) is 36.5 Å². The van der Waals surface area contributed by atoms with Crippen molar-refractivity contribution in [3.05, 3.63) is 17.7 Å². The second-order valence-corrected chi connectivity index (χ2v) is 6.31. The van der Waals surface area contributed by atoms with E-state index in [2.05, 4.69) is 21.7 Å². The molecule has 3 nitrogen and oxygen atoms in total. The lowest BCUT2D eigenvalue weighted by atomic mass is 9.77. The molecule has 0 spiro atoms. The Morgan fingerprint density at radius 2 is 2.12 bits per heavy atom. The zero-order chi connectivity index (χ0) is 11.0. The van der Waals surface area contributed by atoms with Crippen LogP contribution in [0.3, 0.4) is 0 Å². The molecule has 0 aromatic carbocycles. The lowest BCUT2D eigenvalue weighted by Crippen LogP contribution is -2.44. The Bertz CT molecular complexity index is 364. The van der Waals surface area contributed by atoms with E-state index in [1.54, 1.807) is 0 Å². The first-order valence-electron chi connectivity index (χ1n) is 6.20. The highest BCUT2D eigenvalue weighted by atomic mass is 32.2. The maximum atomic E-state index is 6.27. The van der Waals surface area contributed by atoms with Gasteiger partial charge in [0.15, 0.2) is 0 Å². The number of nitrogens with zero attached hydrogens (tertiary/aromatic N) is 1. The molecule has 88 valence electrons. The third-order valence-corrected chi connectivity index (χ3v) is 5.02. The quantitative estimate of drug-likeness (QED) is 0.830. The van der Waals surface area contributed by atoms with Crippen LogP contribution >= 0.6 is 11.8 Å². The first-order valence-corrected chi connectivity index (χ1v) is 7.35. The Hall–Kier alpha value is -0.480. The van der Waals surface area contributed by atoms with Gasteiger partial charge in [0.1, 0.15) is 5.82 Å². The zero-order valence-electron chi connectivity index (χ0n) is 9.54. The highest BCUT2D eigenvalue weighted by molar-refractivity contribution is 7.99. The van der Waals surface area contributed by atoms with Crippen LogP contribution in [0.4, 0.5) is 0 Å². The summed E-state index contributed by atoms with van der Waals surface area (Å²) in [5.74, 6) is 4.28. The summed E-state index contributed by atoms with van der Waals surface area (Å²) in [6, 6.07) is 0. The molecule has 3 rings (SSSR count). The van der Waals surface area contributed by atoms with E-state index in [1.807, 2.05) is 6.20 Å². The van der Waals surface area contributed by atoms with E-state index in [0.29, 0.717) is 5.92 Å². The summed E-state index contributed by atoms with van der Waals surface area (Å²) in [6.07, 6.45) is 7.99. The normalized spacial score (nSPS) is 25.3. The SMILES string of the molecule is NC1(c2ncc(C3CCSCC3)[nH]2)CCC1. The van der Waals surface area contributed by atoms with E-state index < -0.39 is 0 Å². The molecule has 0 atom stereocenters. The van der Waals surface area contributed by atoms with Crippen LogP contribution in [0.25, 0.3) is 0 Å². The lowest BCUT2D eigenvalue weighted by Gasteiger charge is -2.36. The fourth-order valence-corrected chi connectivity index (χ4v) is 3.71. The number of nitrogens with two attached hydrogens (primary N) is 1. The van der Waals surface area contributed by atoms with Crippen LogP contribution in [0.15, 0.2) is 6.20 Å². The molecule has 0 bridgehead atoms. The molecule has 16 heavy (non-hydrogen) atoms. The predicted molar refractivity (Wildman–Crippen MR) is 67.6 cm³/mol. The summed E-state index contributed by atoms with van der Waals surface area (Å²) in [5, 5.41) is 0. The van der Waals surface area contributed by atoms with Crippen LogP contribution in [-0.4, -0.2) is 21.5 Å². The molecule has 3 N–H and O–H groups in total. The molecule has 1 aliphatic carbocycles.